The smallest absolute Gasteiger partial charge is 0.225 e. The maximum Gasteiger partial charge on any atom is 0.225 e. The van der Waals surface area contributed by atoms with Crippen LogP contribution >= 0.6 is 0 Å². The van der Waals surface area contributed by atoms with Gasteiger partial charge in [-0.3, -0.25) is 0 Å². The summed E-state index contributed by atoms with van der Waals surface area (Å²) in [6, 6.07) is 0. The third kappa shape index (κ3) is 5.03. The molecule has 0 atom stereocenters. The van der Waals surface area contributed by atoms with Crippen LogP contribution in [0.15, 0.2) is 12.4 Å². The van der Waals surface area contributed by atoms with E-state index in [4.69, 9.17) is 4.74 Å². The number of nitrogens with one attached hydrogen (secondary N) is 1. The molecule has 2 rings (SSSR count). The average Bonchev–Trinajstić information content (AvgIpc) is 2.44. The van der Waals surface area contributed by atoms with E-state index < -0.39 is 9.84 Å². The van der Waals surface area contributed by atoms with Crippen LogP contribution < -0.4 is 10.2 Å². The van der Waals surface area contributed by atoms with Crippen molar-refractivity contribution in [2.75, 3.05) is 49.8 Å². The van der Waals surface area contributed by atoms with Crippen molar-refractivity contribution in [2.24, 2.45) is 0 Å². The van der Waals surface area contributed by atoms with Crippen molar-refractivity contribution in [2.45, 2.75) is 6.54 Å². The summed E-state index contributed by atoms with van der Waals surface area (Å²) < 4.78 is 27.2. The Hall–Kier alpha value is -1.25. The highest BCUT2D eigenvalue weighted by atomic mass is 32.2. The normalized spacial score (nSPS) is 16.4. The number of aromatic nitrogens is 2. The Morgan fingerprint density at radius 1 is 1.30 bits per heavy atom. The van der Waals surface area contributed by atoms with Gasteiger partial charge in [0.15, 0.2) is 0 Å². The van der Waals surface area contributed by atoms with Crippen LogP contribution in [0.25, 0.3) is 0 Å². The number of sulfone groups is 1. The van der Waals surface area contributed by atoms with Crippen LogP contribution in [-0.4, -0.2) is 63.2 Å². The number of hydrogen-bond donors (Lipinski definition) is 1. The van der Waals surface area contributed by atoms with Crippen LogP contribution in [0, 0.1) is 0 Å². The van der Waals surface area contributed by atoms with Gasteiger partial charge >= 0.3 is 0 Å². The molecular formula is C12H20N4O3S. The van der Waals surface area contributed by atoms with Crippen molar-refractivity contribution in [3.05, 3.63) is 18.0 Å². The van der Waals surface area contributed by atoms with Gasteiger partial charge in [0, 0.05) is 50.4 Å². The van der Waals surface area contributed by atoms with Crippen molar-refractivity contribution >= 4 is 15.8 Å². The van der Waals surface area contributed by atoms with Gasteiger partial charge < -0.3 is 15.0 Å². The highest BCUT2D eigenvalue weighted by Crippen LogP contribution is 2.09. The van der Waals surface area contributed by atoms with E-state index in [0.29, 0.717) is 32.3 Å². The number of rotatable bonds is 6. The van der Waals surface area contributed by atoms with E-state index >= 15 is 0 Å². The molecule has 0 amide bonds. The Balaban J connectivity index is 1.79. The predicted octanol–water partition coefficient (Wildman–Crippen LogP) is -0.553. The number of anilines is 1. The maximum atomic E-state index is 11.0. The van der Waals surface area contributed by atoms with Crippen LogP contribution in [-0.2, 0) is 21.1 Å². The minimum Gasteiger partial charge on any atom is -0.378 e. The second kappa shape index (κ2) is 6.96. The molecule has 1 aliphatic heterocycles. The van der Waals surface area contributed by atoms with Crippen molar-refractivity contribution in [1.29, 1.82) is 0 Å². The molecular weight excluding hydrogens is 280 g/mol. The fraction of sp³-hybridized carbons (Fsp3) is 0.667. The largest absolute Gasteiger partial charge is 0.378 e. The molecule has 2 heterocycles. The molecule has 20 heavy (non-hydrogen) atoms. The van der Waals surface area contributed by atoms with E-state index in [1.54, 1.807) is 12.4 Å². The molecule has 1 N–H and O–H groups in total. The van der Waals surface area contributed by atoms with Gasteiger partial charge in [-0.1, -0.05) is 0 Å². The second-order valence-corrected chi connectivity index (χ2v) is 7.06. The van der Waals surface area contributed by atoms with Crippen molar-refractivity contribution in [3.8, 4) is 0 Å². The Kier molecular flexibility index (Phi) is 5.27. The summed E-state index contributed by atoms with van der Waals surface area (Å²) >= 11 is 0. The third-order valence-corrected chi connectivity index (χ3v) is 3.91. The van der Waals surface area contributed by atoms with Gasteiger partial charge in [-0.2, -0.15) is 0 Å². The molecule has 0 radical (unpaired) electrons. The zero-order valence-corrected chi connectivity index (χ0v) is 12.4. The van der Waals surface area contributed by atoms with E-state index in [-0.39, 0.29) is 5.75 Å². The summed E-state index contributed by atoms with van der Waals surface area (Å²) in [5.41, 5.74) is 0.940. The molecule has 0 spiro atoms. The van der Waals surface area contributed by atoms with Crippen LogP contribution in [0.4, 0.5) is 5.95 Å². The number of morpholine rings is 1. The highest BCUT2D eigenvalue weighted by Gasteiger charge is 2.13. The first-order chi connectivity index (χ1) is 9.54. The quantitative estimate of drug-likeness (QED) is 0.705. The summed E-state index contributed by atoms with van der Waals surface area (Å²) in [4.78, 5) is 10.7. The maximum absolute atomic E-state index is 11.0. The molecule has 0 aliphatic carbocycles. The van der Waals surface area contributed by atoms with Crippen LogP contribution in [0.5, 0.6) is 0 Å². The molecule has 0 aromatic carbocycles. The first-order valence-corrected chi connectivity index (χ1v) is 8.63. The van der Waals surface area contributed by atoms with Gasteiger partial charge in [0.25, 0.3) is 0 Å². The van der Waals surface area contributed by atoms with Gasteiger partial charge in [-0.15, -0.1) is 0 Å². The molecule has 0 unspecified atom stereocenters. The molecule has 1 aromatic rings. The van der Waals surface area contributed by atoms with E-state index in [9.17, 15) is 8.42 Å². The summed E-state index contributed by atoms with van der Waals surface area (Å²) in [5.74, 6) is 0.855. The zero-order chi connectivity index (χ0) is 14.4. The first kappa shape index (κ1) is 15.1. The van der Waals surface area contributed by atoms with Gasteiger partial charge in [-0.25, -0.2) is 18.4 Å². The van der Waals surface area contributed by atoms with E-state index in [1.807, 2.05) is 0 Å². The Bertz CT molecular complexity index is 512. The summed E-state index contributed by atoms with van der Waals surface area (Å²) in [5, 5.41) is 3.06. The Labute approximate surface area is 119 Å². The summed E-state index contributed by atoms with van der Waals surface area (Å²) in [6.07, 6.45) is 4.77. The van der Waals surface area contributed by atoms with E-state index in [0.717, 1.165) is 18.7 Å². The molecule has 112 valence electrons. The van der Waals surface area contributed by atoms with Crippen molar-refractivity contribution in [3.63, 3.8) is 0 Å². The monoisotopic (exact) mass is 300 g/mol. The molecule has 8 heteroatoms. The molecule has 7 nitrogen and oxygen atoms in total. The molecule has 1 saturated heterocycles. The van der Waals surface area contributed by atoms with Crippen molar-refractivity contribution in [1.82, 2.24) is 15.3 Å². The number of ether oxygens (including phenoxy) is 1. The van der Waals surface area contributed by atoms with Gasteiger partial charge in [0.1, 0.15) is 9.84 Å². The lowest BCUT2D eigenvalue weighted by Gasteiger charge is -2.26. The molecule has 1 aliphatic rings. The molecule has 0 saturated carbocycles. The summed E-state index contributed by atoms with van der Waals surface area (Å²) in [7, 11) is -2.91. The lowest BCUT2D eigenvalue weighted by Crippen LogP contribution is -2.37. The second-order valence-electron chi connectivity index (χ2n) is 4.80. The summed E-state index contributed by atoms with van der Waals surface area (Å²) in [6.45, 7) is 4.04. The lowest BCUT2D eigenvalue weighted by atomic mass is 10.3. The van der Waals surface area contributed by atoms with Gasteiger partial charge in [-0.05, 0) is 0 Å². The Morgan fingerprint density at radius 3 is 2.55 bits per heavy atom. The minimum absolute atomic E-state index is 0.139. The zero-order valence-electron chi connectivity index (χ0n) is 11.6. The number of nitrogens with zero attached hydrogens (tertiary/aromatic N) is 3. The first-order valence-electron chi connectivity index (χ1n) is 6.57. The lowest BCUT2D eigenvalue weighted by molar-refractivity contribution is 0.122. The van der Waals surface area contributed by atoms with Gasteiger partial charge in [0.2, 0.25) is 5.95 Å². The topological polar surface area (TPSA) is 84.4 Å². The van der Waals surface area contributed by atoms with Gasteiger partial charge in [0.05, 0.1) is 19.0 Å². The minimum atomic E-state index is -2.91. The van der Waals surface area contributed by atoms with Crippen molar-refractivity contribution < 1.29 is 13.2 Å². The molecule has 1 aromatic heterocycles. The molecule has 0 bridgehead atoms. The number of hydrogen-bond acceptors (Lipinski definition) is 7. The van der Waals surface area contributed by atoms with E-state index in [2.05, 4.69) is 20.2 Å². The highest BCUT2D eigenvalue weighted by molar-refractivity contribution is 7.90. The molecule has 1 fully saturated rings. The SMILES string of the molecule is CS(=O)(=O)CCNCc1cnc(N2CCOCC2)nc1. The van der Waals surface area contributed by atoms with Crippen LogP contribution in [0.1, 0.15) is 5.56 Å². The fourth-order valence-electron chi connectivity index (χ4n) is 1.86. The standard InChI is InChI=1S/C12H20N4O3S/c1-20(17,18)7-2-13-8-11-9-14-12(15-10-11)16-3-5-19-6-4-16/h9-10,13H,2-8H2,1H3. The average molecular weight is 300 g/mol. The van der Waals surface area contributed by atoms with Crippen LogP contribution in [0.3, 0.4) is 0 Å². The fourth-order valence-corrected chi connectivity index (χ4v) is 2.37. The third-order valence-electron chi connectivity index (χ3n) is 2.96. The Morgan fingerprint density at radius 2 is 1.95 bits per heavy atom. The van der Waals surface area contributed by atoms with E-state index in [1.165, 1.54) is 6.26 Å². The predicted molar refractivity (Wildman–Crippen MR) is 76.5 cm³/mol. The van der Waals surface area contributed by atoms with Crippen LogP contribution in [0.2, 0.25) is 0 Å².